The second kappa shape index (κ2) is 7.52. The van der Waals surface area contributed by atoms with E-state index in [-0.39, 0.29) is 17.6 Å². The van der Waals surface area contributed by atoms with E-state index in [2.05, 4.69) is 10.1 Å². The van der Waals surface area contributed by atoms with Gasteiger partial charge in [0, 0.05) is 47.9 Å². The average molecular weight is 380 g/mol. The molecular weight excluding hydrogens is 360 g/mol. The molecule has 0 N–H and O–H groups in total. The van der Waals surface area contributed by atoms with Gasteiger partial charge in [-0.15, -0.1) is 11.8 Å². The minimum absolute atomic E-state index is 0.120. The first-order valence-electron chi connectivity index (χ1n) is 8.94. The Kier molecular flexibility index (Phi) is 4.94. The topological polar surface area (TPSA) is 67.6 Å². The first-order valence-corrected chi connectivity index (χ1v) is 10.2. The molecular formula is C20H20N4O2S. The van der Waals surface area contributed by atoms with Gasteiger partial charge in [0.1, 0.15) is 0 Å². The normalized spacial score (nSPS) is 17.2. The first kappa shape index (κ1) is 17.7. The summed E-state index contributed by atoms with van der Waals surface area (Å²) in [6.07, 6.45) is 7.03. The highest BCUT2D eigenvalue weighted by molar-refractivity contribution is 7.98. The van der Waals surface area contributed by atoms with Crippen molar-refractivity contribution >= 4 is 29.1 Å². The molecule has 138 valence electrons. The van der Waals surface area contributed by atoms with Gasteiger partial charge in [-0.2, -0.15) is 5.10 Å². The van der Waals surface area contributed by atoms with Crippen molar-refractivity contribution in [3.8, 4) is 0 Å². The molecule has 0 bridgehead atoms. The van der Waals surface area contributed by atoms with Crippen LogP contribution in [0.5, 0.6) is 0 Å². The maximum absolute atomic E-state index is 13.0. The molecule has 1 unspecified atom stereocenters. The number of amides is 1. The van der Waals surface area contributed by atoms with Gasteiger partial charge in [-0.25, -0.2) is 9.50 Å². The van der Waals surface area contributed by atoms with Gasteiger partial charge in [0.25, 0.3) is 5.91 Å². The Bertz CT molecular complexity index is 967. The van der Waals surface area contributed by atoms with Crippen LogP contribution in [0.1, 0.15) is 33.7 Å². The zero-order valence-corrected chi connectivity index (χ0v) is 15.9. The van der Waals surface area contributed by atoms with Gasteiger partial charge in [0.2, 0.25) is 0 Å². The SMILES string of the molecule is CSc1ccccc1C(=O)C1CCCN(C(=O)c2cc3ncccn3n2)C1. The van der Waals surface area contributed by atoms with Crippen molar-refractivity contribution in [3.63, 3.8) is 0 Å². The van der Waals surface area contributed by atoms with E-state index in [1.54, 1.807) is 45.7 Å². The maximum atomic E-state index is 13.0. The highest BCUT2D eigenvalue weighted by atomic mass is 32.2. The van der Waals surface area contributed by atoms with E-state index in [1.165, 1.54) is 0 Å². The fraction of sp³-hybridized carbons (Fsp3) is 0.300. The maximum Gasteiger partial charge on any atom is 0.274 e. The van der Waals surface area contributed by atoms with Gasteiger partial charge in [-0.1, -0.05) is 18.2 Å². The number of carbonyl (C=O) groups is 2. The summed E-state index contributed by atoms with van der Waals surface area (Å²) in [5.74, 6) is -0.198. The van der Waals surface area contributed by atoms with Gasteiger partial charge >= 0.3 is 0 Å². The van der Waals surface area contributed by atoms with Gasteiger partial charge in [-0.05, 0) is 31.2 Å². The van der Waals surface area contributed by atoms with E-state index < -0.39 is 0 Å². The number of hydrogen-bond acceptors (Lipinski definition) is 5. The summed E-state index contributed by atoms with van der Waals surface area (Å²) in [5, 5.41) is 4.32. The number of thioether (sulfide) groups is 1. The summed E-state index contributed by atoms with van der Waals surface area (Å²) in [5.41, 5.74) is 1.76. The second-order valence-electron chi connectivity index (χ2n) is 6.61. The Morgan fingerprint density at radius 2 is 2.07 bits per heavy atom. The van der Waals surface area contributed by atoms with Crippen molar-refractivity contribution < 1.29 is 9.59 Å². The number of Topliss-reactive ketones (excluding diaryl/α,β-unsaturated/α-hetero) is 1. The van der Waals surface area contributed by atoms with E-state index in [0.717, 1.165) is 23.3 Å². The predicted octanol–water partition coefficient (Wildman–Crippen LogP) is 3.19. The lowest BCUT2D eigenvalue weighted by atomic mass is 9.90. The van der Waals surface area contributed by atoms with Gasteiger partial charge in [-0.3, -0.25) is 9.59 Å². The number of aromatic nitrogens is 3. The van der Waals surface area contributed by atoms with Crippen molar-refractivity contribution in [1.29, 1.82) is 0 Å². The molecule has 0 aliphatic carbocycles. The van der Waals surface area contributed by atoms with Crippen LogP contribution in [0.15, 0.2) is 53.7 Å². The molecule has 27 heavy (non-hydrogen) atoms. The van der Waals surface area contributed by atoms with Gasteiger partial charge in [0.05, 0.1) is 0 Å². The fourth-order valence-electron chi connectivity index (χ4n) is 3.54. The number of nitrogens with zero attached hydrogens (tertiary/aromatic N) is 4. The van der Waals surface area contributed by atoms with Crippen LogP contribution in [0.3, 0.4) is 0 Å². The monoisotopic (exact) mass is 380 g/mol. The van der Waals surface area contributed by atoms with Crippen LogP contribution in [0.4, 0.5) is 0 Å². The van der Waals surface area contributed by atoms with Crippen molar-refractivity contribution in [2.45, 2.75) is 17.7 Å². The van der Waals surface area contributed by atoms with E-state index in [4.69, 9.17) is 0 Å². The summed E-state index contributed by atoms with van der Waals surface area (Å²) in [7, 11) is 0. The van der Waals surface area contributed by atoms with E-state index >= 15 is 0 Å². The number of ketones is 1. The summed E-state index contributed by atoms with van der Waals surface area (Å²) in [4.78, 5) is 32.9. The summed E-state index contributed by atoms with van der Waals surface area (Å²) in [6, 6.07) is 11.1. The molecule has 1 fully saturated rings. The molecule has 3 heterocycles. The Morgan fingerprint density at radius 3 is 2.89 bits per heavy atom. The van der Waals surface area contributed by atoms with Crippen molar-refractivity contribution in [1.82, 2.24) is 19.5 Å². The third kappa shape index (κ3) is 3.47. The standard InChI is InChI=1S/C20H20N4O2S/c1-27-17-8-3-2-7-15(17)19(25)14-6-4-10-23(13-14)20(26)16-12-18-21-9-5-11-24(18)22-16/h2-3,5,7-9,11-12,14H,4,6,10,13H2,1H3. The highest BCUT2D eigenvalue weighted by Gasteiger charge is 2.31. The molecule has 0 spiro atoms. The Morgan fingerprint density at radius 1 is 1.22 bits per heavy atom. The molecule has 1 amide bonds. The Balaban J connectivity index is 1.53. The zero-order chi connectivity index (χ0) is 18.8. The second-order valence-corrected chi connectivity index (χ2v) is 7.45. The Labute approximate surface area is 161 Å². The number of carbonyl (C=O) groups excluding carboxylic acids is 2. The average Bonchev–Trinajstić information content (AvgIpc) is 3.17. The molecule has 2 aromatic heterocycles. The molecule has 1 aromatic carbocycles. The highest BCUT2D eigenvalue weighted by Crippen LogP contribution is 2.27. The molecule has 1 aliphatic rings. The number of piperidine rings is 1. The minimum Gasteiger partial charge on any atom is -0.337 e. The molecule has 6 nitrogen and oxygen atoms in total. The summed E-state index contributed by atoms with van der Waals surface area (Å²) >= 11 is 1.57. The van der Waals surface area contributed by atoms with Crippen molar-refractivity contribution in [3.05, 3.63) is 60.0 Å². The van der Waals surface area contributed by atoms with Crippen molar-refractivity contribution in [2.75, 3.05) is 19.3 Å². The lowest BCUT2D eigenvalue weighted by Crippen LogP contribution is -2.42. The number of benzene rings is 1. The molecule has 1 aliphatic heterocycles. The van der Waals surface area contributed by atoms with Crippen LogP contribution < -0.4 is 0 Å². The predicted molar refractivity (Wildman–Crippen MR) is 104 cm³/mol. The summed E-state index contributed by atoms with van der Waals surface area (Å²) in [6.45, 7) is 1.08. The van der Waals surface area contributed by atoms with Crippen molar-refractivity contribution in [2.24, 2.45) is 5.92 Å². The lowest BCUT2D eigenvalue weighted by Gasteiger charge is -2.31. The molecule has 0 radical (unpaired) electrons. The third-order valence-electron chi connectivity index (χ3n) is 4.91. The number of hydrogen-bond donors (Lipinski definition) is 0. The van der Waals surface area contributed by atoms with Crippen LogP contribution in [0, 0.1) is 5.92 Å². The molecule has 4 rings (SSSR count). The molecule has 1 saturated heterocycles. The van der Waals surface area contributed by atoms with E-state index in [0.29, 0.717) is 24.4 Å². The summed E-state index contributed by atoms with van der Waals surface area (Å²) < 4.78 is 1.59. The lowest BCUT2D eigenvalue weighted by molar-refractivity contribution is 0.0631. The number of likely N-dealkylation sites (tertiary alicyclic amines) is 1. The van der Waals surface area contributed by atoms with Crippen LogP contribution in [0.25, 0.3) is 5.65 Å². The molecule has 1 atom stereocenters. The molecule has 7 heteroatoms. The third-order valence-corrected chi connectivity index (χ3v) is 5.70. The smallest absolute Gasteiger partial charge is 0.274 e. The van der Waals surface area contributed by atoms with Gasteiger partial charge < -0.3 is 4.90 Å². The van der Waals surface area contributed by atoms with Crippen LogP contribution in [0.2, 0.25) is 0 Å². The first-order chi connectivity index (χ1) is 13.2. The quantitative estimate of drug-likeness (QED) is 0.514. The Hall–Kier alpha value is -2.67. The zero-order valence-electron chi connectivity index (χ0n) is 15.0. The van der Waals surface area contributed by atoms with Crippen LogP contribution in [-0.4, -0.2) is 50.5 Å². The largest absolute Gasteiger partial charge is 0.337 e. The van der Waals surface area contributed by atoms with Gasteiger partial charge in [0.15, 0.2) is 17.1 Å². The van der Waals surface area contributed by atoms with Crippen LogP contribution >= 0.6 is 11.8 Å². The molecule has 0 saturated carbocycles. The van der Waals surface area contributed by atoms with E-state index in [9.17, 15) is 9.59 Å². The molecule has 3 aromatic rings. The van der Waals surface area contributed by atoms with E-state index in [1.807, 2.05) is 30.5 Å². The fourth-order valence-corrected chi connectivity index (χ4v) is 4.14. The van der Waals surface area contributed by atoms with Crippen LogP contribution in [-0.2, 0) is 0 Å². The minimum atomic E-state index is -0.175. The number of rotatable bonds is 4. The number of fused-ring (bicyclic) bond motifs is 1.